The van der Waals surface area contributed by atoms with Crippen molar-refractivity contribution in [3.63, 3.8) is 0 Å². The summed E-state index contributed by atoms with van der Waals surface area (Å²) in [6.07, 6.45) is 4.00. The fourth-order valence-corrected chi connectivity index (χ4v) is 3.36. The summed E-state index contributed by atoms with van der Waals surface area (Å²) in [4.78, 5) is 2.68. The third kappa shape index (κ3) is 3.94. The Balaban J connectivity index is 1.71. The number of rotatable bonds is 4. The lowest BCUT2D eigenvalue weighted by Crippen LogP contribution is -2.47. The van der Waals surface area contributed by atoms with Crippen molar-refractivity contribution in [3.8, 4) is 0 Å². The van der Waals surface area contributed by atoms with Crippen LogP contribution in [0.3, 0.4) is 0 Å². The molecule has 2 rings (SSSR count). The number of morpholine rings is 1. The zero-order valence-electron chi connectivity index (χ0n) is 12.3. The number of nitrogens with one attached hydrogen (secondary N) is 1. The van der Waals surface area contributed by atoms with Gasteiger partial charge in [0.2, 0.25) is 0 Å². The number of hydrogen-bond donors (Lipinski definition) is 1. The molecule has 0 aromatic carbocycles. The van der Waals surface area contributed by atoms with Crippen molar-refractivity contribution in [3.05, 3.63) is 0 Å². The molecule has 2 heterocycles. The second-order valence-corrected chi connectivity index (χ2v) is 6.43. The van der Waals surface area contributed by atoms with Crippen LogP contribution in [0.5, 0.6) is 0 Å². The Morgan fingerprint density at radius 2 is 1.94 bits per heavy atom. The summed E-state index contributed by atoms with van der Waals surface area (Å²) in [5.41, 5.74) is 0. The predicted molar refractivity (Wildman–Crippen MR) is 75.8 cm³/mol. The summed E-state index contributed by atoms with van der Waals surface area (Å²) in [6, 6.07) is 1.26. The van der Waals surface area contributed by atoms with Crippen molar-refractivity contribution >= 4 is 0 Å². The quantitative estimate of drug-likeness (QED) is 0.832. The Morgan fingerprint density at radius 3 is 2.50 bits per heavy atom. The van der Waals surface area contributed by atoms with Crippen LogP contribution in [0.1, 0.15) is 40.0 Å². The largest absolute Gasteiger partial charge is 0.379 e. The van der Waals surface area contributed by atoms with E-state index in [1.54, 1.807) is 0 Å². The van der Waals surface area contributed by atoms with Gasteiger partial charge in [-0.25, -0.2) is 0 Å². The first kappa shape index (κ1) is 14.3. The topological polar surface area (TPSA) is 24.5 Å². The first-order valence-corrected chi connectivity index (χ1v) is 7.72. The SMILES string of the molecule is CC(C)C1CCN(C(C)CC2COCCN2)CC1. The smallest absolute Gasteiger partial charge is 0.0620 e. The van der Waals surface area contributed by atoms with Gasteiger partial charge in [-0.3, -0.25) is 0 Å². The van der Waals surface area contributed by atoms with Crippen LogP contribution < -0.4 is 5.32 Å². The standard InChI is InChI=1S/C15H30N2O/c1-12(2)14-4-7-17(8-5-14)13(3)10-15-11-18-9-6-16-15/h12-16H,4-11H2,1-3H3. The lowest BCUT2D eigenvalue weighted by molar-refractivity contribution is 0.0541. The Hall–Kier alpha value is -0.120. The van der Waals surface area contributed by atoms with E-state index in [2.05, 4.69) is 31.0 Å². The van der Waals surface area contributed by atoms with Crippen molar-refractivity contribution in [2.45, 2.75) is 52.1 Å². The molecular formula is C15H30N2O. The van der Waals surface area contributed by atoms with Gasteiger partial charge in [-0.15, -0.1) is 0 Å². The minimum Gasteiger partial charge on any atom is -0.379 e. The summed E-state index contributed by atoms with van der Waals surface area (Å²) >= 11 is 0. The highest BCUT2D eigenvalue weighted by molar-refractivity contribution is 4.81. The van der Waals surface area contributed by atoms with E-state index in [9.17, 15) is 0 Å². The second kappa shape index (κ2) is 6.88. The first-order chi connectivity index (χ1) is 8.66. The molecule has 2 saturated heterocycles. The minimum absolute atomic E-state index is 0.566. The van der Waals surface area contributed by atoms with Crippen LogP contribution >= 0.6 is 0 Å². The predicted octanol–water partition coefficient (Wildman–Crippen LogP) is 2.12. The van der Waals surface area contributed by atoms with Crippen molar-refractivity contribution in [2.75, 3.05) is 32.8 Å². The van der Waals surface area contributed by atoms with Gasteiger partial charge in [0.05, 0.1) is 13.2 Å². The summed E-state index contributed by atoms with van der Waals surface area (Å²) in [5, 5.41) is 3.56. The van der Waals surface area contributed by atoms with Crippen LogP contribution in [-0.2, 0) is 4.74 Å². The van der Waals surface area contributed by atoms with Crippen LogP contribution in [0.25, 0.3) is 0 Å². The van der Waals surface area contributed by atoms with Gasteiger partial charge in [0.25, 0.3) is 0 Å². The van der Waals surface area contributed by atoms with Crippen LogP contribution in [-0.4, -0.2) is 49.8 Å². The molecule has 1 N–H and O–H groups in total. The summed E-state index contributed by atoms with van der Waals surface area (Å²) in [7, 11) is 0. The molecule has 2 atom stereocenters. The number of piperidine rings is 1. The number of ether oxygens (including phenoxy) is 1. The fourth-order valence-electron chi connectivity index (χ4n) is 3.36. The summed E-state index contributed by atoms with van der Waals surface area (Å²) in [6.45, 7) is 12.5. The summed E-state index contributed by atoms with van der Waals surface area (Å²) in [5.74, 6) is 1.81. The van der Waals surface area contributed by atoms with E-state index in [0.717, 1.165) is 31.6 Å². The molecule has 0 amide bonds. The van der Waals surface area contributed by atoms with E-state index in [4.69, 9.17) is 4.74 Å². The monoisotopic (exact) mass is 254 g/mol. The van der Waals surface area contributed by atoms with Gasteiger partial charge in [0.15, 0.2) is 0 Å². The van der Waals surface area contributed by atoms with Crippen LogP contribution in [0.4, 0.5) is 0 Å². The average molecular weight is 254 g/mol. The van der Waals surface area contributed by atoms with Crippen molar-refractivity contribution in [1.82, 2.24) is 10.2 Å². The van der Waals surface area contributed by atoms with Gasteiger partial charge in [0, 0.05) is 18.6 Å². The number of likely N-dealkylation sites (tertiary alicyclic amines) is 1. The van der Waals surface area contributed by atoms with Gasteiger partial charge in [-0.2, -0.15) is 0 Å². The van der Waals surface area contributed by atoms with Crippen molar-refractivity contribution in [1.29, 1.82) is 0 Å². The molecule has 0 saturated carbocycles. The molecule has 3 nitrogen and oxygen atoms in total. The lowest BCUT2D eigenvalue weighted by atomic mass is 9.86. The lowest BCUT2D eigenvalue weighted by Gasteiger charge is -2.39. The van der Waals surface area contributed by atoms with E-state index in [1.165, 1.54) is 32.4 Å². The highest BCUT2D eigenvalue weighted by atomic mass is 16.5. The fraction of sp³-hybridized carbons (Fsp3) is 1.00. The molecule has 3 heteroatoms. The molecule has 0 aromatic heterocycles. The molecule has 2 fully saturated rings. The molecule has 106 valence electrons. The Labute approximate surface area is 112 Å². The van der Waals surface area contributed by atoms with Gasteiger partial charge in [-0.1, -0.05) is 13.8 Å². The zero-order valence-corrected chi connectivity index (χ0v) is 12.3. The van der Waals surface area contributed by atoms with Gasteiger partial charge in [0.1, 0.15) is 0 Å². The Bertz CT molecular complexity index is 231. The molecule has 2 aliphatic rings. The zero-order chi connectivity index (χ0) is 13.0. The molecule has 0 spiro atoms. The summed E-state index contributed by atoms with van der Waals surface area (Å²) < 4.78 is 5.54. The molecule has 0 bridgehead atoms. The third-order valence-corrected chi connectivity index (χ3v) is 4.76. The van der Waals surface area contributed by atoms with Crippen LogP contribution in [0, 0.1) is 11.8 Å². The molecular weight excluding hydrogens is 224 g/mol. The first-order valence-electron chi connectivity index (χ1n) is 7.72. The molecule has 18 heavy (non-hydrogen) atoms. The van der Waals surface area contributed by atoms with Crippen molar-refractivity contribution < 1.29 is 4.74 Å². The van der Waals surface area contributed by atoms with Crippen LogP contribution in [0.2, 0.25) is 0 Å². The maximum atomic E-state index is 5.54. The second-order valence-electron chi connectivity index (χ2n) is 6.43. The maximum Gasteiger partial charge on any atom is 0.0620 e. The number of hydrogen-bond acceptors (Lipinski definition) is 3. The van der Waals surface area contributed by atoms with E-state index in [1.807, 2.05) is 0 Å². The van der Waals surface area contributed by atoms with E-state index in [0.29, 0.717) is 12.1 Å². The van der Waals surface area contributed by atoms with Gasteiger partial charge >= 0.3 is 0 Å². The molecule has 0 radical (unpaired) electrons. The van der Waals surface area contributed by atoms with Crippen LogP contribution in [0.15, 0.2) is 0 Å². The molecule has 2 aliphatic heterocycles. The number of nitrogens with zero attached hydrogens (tertiary/aromatic N) is 1. The molecule has 0 aromatic rings. The van der Waals surface area contributed by atoms with Gasteiger partial charge in [-0.05, 0) is 51.1 Å². The average Bonchev–Trinajstić information content (AvgIpc) is 2.40. The van der Waals surface area contributed by atoms with Gasteiger partial charge < -0.3 is 15.0 Å². The normalized spacial score (nSPS) is 29.7. The highest BCUT2D eigenvalue weighted by Gasteiger charge is 2.26. The van der Waals surface area contributed by atoms with E-state index in [-0.39, 0.29) is 0 Å². The Morgan fingerprint density at radius 1 is 1.22 bits per heavy atom. The molecule has 0 aliphatic carbocycles. The van der Waals surface area contributed by atoms with Crippen molar-refractivity contribution in [2.24, 2.45) is 11.8 Å². The highest BCUT2D eigenvalue weighted by Crippen LogP contribution is 2.26. The molecule has 2 unspecified atom stereocenters. The van der Waals surface area contributed by atoms with E-state index >= 15 is 0 Å². The third-order valence-electron chi connectivity index (χ3n) is 4.76. The van der Waals surface area contributed by atoms with E-state index < -0.39 is 0 Å². The minimum atomic E-state index is 0.566. The maximum absolute atomic E-state index is 5.54. The Kier molecular flexibility index (Phi) is 5.46.